The van der Waals surface area contributed by atoms with Crippen molar-refractivity contribution >= 4 is 0 Å². The Morgan fingerprint density at radius 3 is 1.78 bits per heavy atom. The molecule has 156 valence electrons. The first-order chi connectivity index (χ1) is 13.3. The van der Waals surface area contributed by atoms with Crippen LogP contribution in [0.25, 0.3) is 0 Å². The molecule has 0 aliphatic heterocycles. The number of hydrogen-bond donors (Lipinski definition) is 0. The zero-order valence-electron chi connectivity index (χ0n) is 18.6. The lowest BCUT2D eigenvalue weighted by Crippen LogP contribution is -2.28. The Hall–Kier alpha value is -0.260. The fourth-order valence-corrected chi connectivity index (χ4v) is 6.67. The second-order valence-corrected chi connectivity index (χ2v) is 10.5. The summed E-state index contributed by atoms with van der Waals surface area (Å²) in [4.78, 5) is 0. The van der Waals surface area contributed by atoms with E-state index in [2.05, 4.69) is 26.0 Å². The Morgan fingerprint density at radius 2 is 1.19 bits per heavy atom. The Bertz CT molecular complexity index is 406. The van der Waals surface area contributed by atoms with E-state index in [1.54, 1.807) is 38.5 Å². The molecular weight excluding hydrogens is 324 g/mol. The van der Waals surface area contributed by atoms with Gasteiger partial charge >= 0.3 is 0 Å². The van der Waals surface area contributed by atoms with Gasteiger partial charge in [-0.25, -0.2) is 0 Å². The van der Waals surface area contributed by atoms with Crippen LogP contribution in [0.2, 0.25) is 0 Å². The predicted octanol–water partition coefficient (Wildman–Crippen LogP) is 8.95. The minimum absolute atomic E-state index is 0.909. The molecule has 27 heavy (non-hydrogen) atoms. The third-order valence-electron chi connectivity index (χ3n) is 8.63. The van der Waals surface area contributed by atoms with E-state index < -0.39 is 0 Å². The summed E-state index contributed by atoms with van der Waals surface area (Å²) in [6.07, 6.45) is 30.7. The summed E-state index contributed by atoms with van der Waals surface area (Å²) in [6.45, 7) is 4.67. The molecule has 0 N–H and O–H groups in total. The molecule has 3 aliphatic carbocycles. The van der Waals surface area contributed by atoms with Gasteiger partial charge in [-0.15, -0.1) is 0 Å². The van der Waals surface area contributed by atoms with Crippen molar-refractivity contribution in [1.82, 2.24) is 0 Å². The quantitative estimate of drug-likeness (QED) is 0.280. The van der Waals surface area contributed by atoms with Crippen molar-refractivity contribution < 1.29 is 0 Å². The zero-order chi connectivity index (χ0) is 18.9. The average Bonchev–Trinajstić information content (AvgIpc) is 2.73. The second kappa shape index (κ2) is 11.7. The molecular formula is C27H48. The molecule has 2 unspecified atom stereocenters. The molecule has 0 aromatic rings. The summed E-state index contributed by atoms with van der Waals surface area (Å²) in [6, 6.07) is 0. The molecule has 0 spiro atoms. The van der Waals surface area contributed by atoms with E-state index in [0.717, 1.165) is 35.5 Å². The van der Waals surface area contributed by atoms with Gasteiger partial charge in [0, 0.05) is 0 Å². The number of unbranched alkanes of at least 4 members (excludes halogenated alkanes) is 3. The van der Waals surface area contributed by atoms with E-state index in [4.69, 9.17) is 0 Å². The molecule has 0 nitrogen and oxygen atoms in total. The van der Waals surface area contributed by atoms with Crippen LogP contribution in [0.15, 0.2) is 12.2 Å². The van der Waals surface area contributed by atoms with Crippen molar-refractivity contribution in [2.75, 3.05) is 0 Å². The van der Waals surface area contributed by atoms with Crippen LogP contribution in [0.1, 0.15) is 123 Å². The standard InChI is InChI=1S/C27H48/c1-3-5-7-9-23-12-16-25(17-13-23)27-20-18-26(19-21-27)24-14-10-22(11-15-24)8-6-4-2/h12,16,22-27H,3-11,13-15,17-21H2,1-2H3. The monoisotopic (exact) mass is 372 g/mol. The van der Waals surface area contributed by atoms with E-state index in [1.165, 1.54) is 70.6 Å². The van der Waals surface area contributed by atoms with Crippen molar-refractivity contribution in [2.24, 2.45) is 35.5 Å². The molecule has 3 rings (SSSR count). The van der Waals surface area contributed by atoms with Gasteiger partial charge in [-0.05, 0) is 93.3 Å². The first-order valence-corrected chi connectivity index (χ1v) is 13.0. The first kappa shape index (κ1) is 21.4. The number of hydrogen-bond acceptors (Lipinski definition) is 0. The summed E-state index contributed by atoms with van der Waals surface area (Å²) in [5.74, 6) is 6.12. The van der Waals surface area contributed by atoms with Gasteiger partial charge in [0.2, 0.25) is 0 Å². The van der Waals surface area contributed by atoms with E-state index in [0.29, 0.717) is 0 Å². The molecule has 0 heteroatoms. The van der Waals surface area contributed by atoms with Crippen molar-refractivity contribution in [1.29, 1.82) is 0 Å². The van der Waals surface area contributed by atoms with Crippen molar-refractivity contribution in [3.63, 3.8) is 0 Å². The van der Waals surface area contributed by atoms with Crippen LogP contribution in [0.5, 0.6) is 0 Å². The molecule has 0 bridgehead atoms. The molecule has 2 fully saturated rings. The van der Waals surface area contributed by atoms with Crippen LogP contribution >= 0.6 is 0 Å². The molecule has 0 radical (unpaired) electrons. The molecule has 0 heterocycles. The summed E-state index contributed by atoms with van der Waals surface area (Å²) < 4.78 is 0. The third-order valence-corrected chi connectivity index (χ3v) is 8.63. The Kier molecular flexibility index (Phi) is 9.27. The number of allylic oxidation sites excluding steroid dienone is 2. The van der Waals surface area contributed by atoms with Crippen molar-refractivity contribution in [2.45, 2.75) is 123 Å². The molecule has 0 aromatic heterocycles. The van der Waals surface area contributed by atoms with Crippen LogP contribution < -0.4 is 0 Å². The fourth-order valence-electron chi connectivity index (χ4n) is 6.67. The molecule has 0 aromatic carbocycles. The second-order valence-electron chi connectivity index (χ2n) is 10.5. The zero-order valence-corrected chi connectivity index (χ0v) is 18.6. The van der Waals surface area contributed by atoms with Crippen molar-refractivity contribution in [3.05, 3.63) is 12.2 Å². The maximum Gasteiger partial charge on any atom is -0.0205 e. The molecule has 2 atom stereocenters. The lowest BCUT2D eigenvalue weighted by Gasteiger charge is -2.40. The van der Waals surface area contributed by atoms with Crippen LogP contribution in [0, 0.1) is 35.5 Å². The SMILES string of the molecule is CCCCCC1C=CC(C2CCC(C3CCC(CCCC)CC3)CC2)CC1. The van der Waals surface area contributed by atoms with Gasteiger partial charge in [0.25, 0.3) is 0 Å². The van der Waals surface area contributed by atoms with Gasteiger partial charge in [0.15, 0.2) is 0 Å². The van der Waals surface area contributed by atoms with E-state index in [9.17, 15) is 0 Å². The van der Waals surface area contributed by atoms with Gasteiger partial charge in [0.05, 0.1) is 0 Å². The summed E-state index contributed by atoms with van der Waals surface area (Å²) in [7, 11) is 0. The highest BCUT2D eigenvalue weighted by atomic mass is 14.4. The van der Waals surface area contributed by atoms with Crippen LogP contribution in [-0.2, 0) is 0 Å². The largest absolute Gasteiger partial charge is 0.0851 e. The van der Waals surface area contributed by atoms with Gasteiger partial charge in [-0.3, -0.25) is 0 Å². The van der Waals surface area contributed by atoms with Crippen LogP contribution in [0.3, 0.4) is 0 Å². The number of rotatable bonds is 9. The van der Waals surface area contributed by atoms with Crippen molar-refractivity contribution in [3.8, 4) is 0 Å². The van der Waals surface area contributed by atoms with Crippen LogP contribution in [-0.4, -0.2) is 0 Å². The Balaban J connectivity index is 1.34. The van der Waals surface area contributed by atoms with E-state index >= 15 is 0 Å². The van der Waals surface area contributed by atoms with E-state index in [1.807, 2.05) is 0 Å². The normalized spacial score (nSPS) is 37.4. The summed E-state index contributed by atoms with van der Waals surface area (Å²) in [5.41, 5.74) is 0. The average molecular weight is 373 g/mol. The molecule has 0 amide bonds. The van der Waals surface area contributed by atoms with E-state index in [-0.39, 0.29) is 0 Å². The lowest BCUT2D eigenvalue weighted by atomic mass is 9.66. The summed E-state index contributed by atoms with van der Waals surface area (Å²) in [5, 5.41) is 0. The Labute approximate surface area is 171 Å². The fraction of sp³-hybridized carbons (Fsp3) is 0.926. The maximum atomic E-state index is 2.66. The first-order valence-electron chi connectivity index (χ1n) is 13.0. The minimum Gasteiger partial charge on any atom is -0.0851 e. The van der Waals surface area contributed by atoms with Crippen LogP contribution in [0.4, 0.5) is 0 Å². The van der Waals surface area contributed by atoms with Gasteiger partial charge in [-0.1, -0.05) is 77.4 Å². The Morgan fingerprint density at radius 1 is 0.556 bits per heavy atom. The summed E-state index contributed by atoms with van der Waals surface area (Å²) >= 11 is 0. The molecule has 0 saturated heterocycles. The topological polar surface area (TPSA) is 0 Å². The predicted molar refractivity (Wildman–Crippen MR) is 120 cm³/mol. The van der Waals surface area contributed by atoms with Gasteiger partial charge < -0.3 is 0 Å². The third kappa shape index (κ3) is 6.64. The highest BCUT2D eigenvalue weighted by Gasteiger charge is 2.33. The highest BCUT2D eigenvalue weighted by molar-refractivity contribution is 5.01. The van der Waals surface area contributed by atoms with Gasteiger partial charge in [0.1, 0.15) is 0 Å². The minimum atomic E-state index is 0.909. The smallest absolute Gasteiger partial charge is 0.0205 e. The highest BCUT2D eigenvalue weighted by Crippen LogP contribution is 2.45. The molecule has 2 saturated carbocycles. The maximum absolute atomic E-state index is 2.66. The van der Waals surface area contributed by atoms with Gasteiger partial charge in [-0.2, -0.15) is 0 Å². The molecule has 3 aliphatic rings. The lowest BCUT2D eigenvalue weighted by molar-refractivity contribution is 0.127.